The van der Waals surface area contributed by atoms with Gasteiger partial charge in [-0.2, -0.15) is 0 Å². The van der Waals surface area contributed by atoms with Crippen molar-refractivity contribution in [3.05, 3.63) is 48.1 Å². The topological polar surface area (TPSA) is 67.6 Å². The van der Waals surface area contributed by atoms with Crippen molar-refractivity contribution in [1.82, 2.24) is 20.2 Å². The molecule has 3 aromatic rings. The number of hydrogen-bond acceptors (Lipinski definition) is 5. The van der Waals surface area contributed by atoms with E-state index in [9.17, 15) is 0 Å². The van der Waals surface area contributed by atoms with Gasteiger partial charge in [0.2, 0.25) is 11.0 Å². The van der Waals surface area contributed by atoms with Crippen LogP contribution in [0.1, 0.15) is 18.4 Å². The zero-order valence-corrected chi connectivity index (χ0v) is 11.9. The molecule has 2 aromatic heterocycles. The van der Waals surface area contributed by atoms with Crippen molar-refractivity contribution < 1.29 is 4.42 Å². The van der Waals surface area contributed by atoms with E-state index in [0.717, 1.165) is 28.7 Å². The Labute approximate surface area is 120 Å². The number of thioether (sulfide) groups is 1. The molecule has 0 unspecified atom stereocenters. The Morgan fingerprint density at radius 1 is 1.20 bits per heavy atom. The second-order valence-electron chi connectivity index (χ2n) is 4.22. The predicted molar refractivity (Wildman–Crippen MR) is 77.3 cm³/mol. The molecule has 3 rings (SSSR count). The van der Waals surface area contributed by atoms with Crippen LogP contribution in [0, 0.1) is 0 Å². The number of benzene rings is 1. The van der Waals surface area contributed by atoms with Crippen LogP contribution in [0.4, 0.5) is 0 Å². The van der Waals surface area contributed by atoms with Gasteiger partial charge in [0.05, 0.1) is 5.69 Å². The first-order valence-electron chi connectivity index (χ1n) is 6.39. The maximum atomic E-state index is 5.49. The highest BCUT2D eigenvalue weighted by Crippen LogP contribution is 2.22. The molecule has 1 aromatic carbocycles. The number of aryl methyl sites for hydroxylation is 1. The van der Waals surface area contributed by atoms with Gasteiger partial charge in [0.15, 0.2) is 0 Å². The summed E-state index contributed by atoms with van der Waals surface area (Å²) in [6, 6.07) is 9.86. The number of H-pyrrole nitrogens is 1. The van der Waals surface area contributed by atoms with Crippen LogP contribution in [0.2, 0.25) is 0 Å². The molecule has 0 radical (unpaired) electrons. The van der Waals surface area contributed by atoms with Crippen LogP contribution < -0.4 is 0 Å². The van der Waals surface area contributed by atoms with Crippen LogP contribution >= 0.6 is 11.8 Å². The lowest BCUT2D eigenvalue weighted by Gasteiger charge is -1.93. The first-order chi connectivity index (χ1) is 9.85. The molecule has 0 amide bonds. The van der Waals surface area contributed by atoms with Crippen molar-refractivity contribution in [2.24, 2.45) is 0 Å². The number of rotatable bonds is 5. The van der Waals surface area contributed by atoms with Gasteiger partial charge in [0.25, 0.3) is 0 Å². The SMILES string of the molecule is CCc1nc(SCc2coc(-c3ccccc3)n2)n[nH]1. The molecule has 0 atom stereocenters. The third kappa shape index (κ3) is 2.91. The number of oxazole rings is 1. The highest BCUT2D eigenvalue weighted by molar-refractivity contribution is 7.98. The Morgan fingerprint density at radius 3 is 2.80 bits per heavy atom. The molecule has 5 nitrogen and oxygen atoms in total. The summed E-state index contributed by atoms with van der Waals surface area (Å²) in [6.07, 6.45) is 2.54. The summed E-state index contributed by atoms with van der Waals surface area (Å²) in [5.41, 5.74) is 1.87. The smallest absolute Gasteiger partial charge is 0.226 e. The molecular weight excluding hydrogens is 272 g/mol. The fourth-order valence-electron chi connectivity index (χ4n) is 1.73. The van der Waals surface area contributed by atoms with E-state index in [1.165, 1.54) is 0 Å². The van der Waals surface area contributed by atoms with E-state index in [4.69, 9.17) is 4.42 Å². The summed E-state index contributed by atoms with van der Waals surface area (Å²) in [7, 11) is 0. The summed E-state index contributed by atoms with van der Waals surface area (Å²) >= 11 is 1.54. The highest BCUT2D eigenvalue weighted by Gasteiger charge is 2.08. The van der Waals surface area contributed by atoms with Gasteiger partial charge in [-0.15, -0.1) is 5.10 Å². The molecule has 0 fully saturated rings. The molecule has 0 aliphatic rings. The maximum Gasteiger partial charge on any atom is 0.226 e. The van der Waals surface area contributed by atoms with E-state index in [1.807, 2.05) is 37.3 Å². The number of aromatic amines is 1. The predicted octanol–water partition coefficient (Wildman–Crippen LogP) is 3.31. The first kappa shape index (κ1) is 12.9. The molecule has 20 heavy (non-hydrogen) atoms. The van der Waals surface area contributed by atoms with Crippen molar-refractivity contribution in [2.75, 3.05) is 0 Å². The minimum absolute atomic E-state index is 0.644. The molecule has 0 saturated carbocycles. The van der Waals surface area contributed by atoms with Gasteiger partial charge >= 0.3 is 0 Å². The van der Waals surface area contributed by atoms with Crippen molar-refractivity contribution in [2.45, 2.75) is 24.3 Å². The van der Waals surface area contributed by atoms with E-state index < -0.39 is 0 Å². The minimum Gasteiger partial charge on any atom is -0.444 e. The molecule has 102 valence electrons. The quantitative estimate of drug-likeness (QED) is 0.729. The monoisotopic (exact) mass is 286 g/mol. The van der Waals surface area contributed by atoms with Crippen molar-refractivity contribution >= 4 is 11.8 Å². The number of nitrogens with zero attached hydrogens (tertiary/aromatic N) is 3. The Hall–Kier alpha value is -2.08. The van der Waals surface area contributed by atoms with Gasteiger partial charge in [-0.3, -0.25) is 5.10 Å². The molecule has 0 spiro atoms. The Balaban J connectivity index is 1.65. The van der Waals surface area contributed by atoms with E-state index in [-0.39, 0.29) is 0 Å². The van der Waals surface area contributed by atoms with Gasteiger partial charge in [-0.1, -0.05) is 36.9 Å². The largest absolute Gasteiger partial charge is 0.444 e. The van der Waals surface area contributed by atoms with Gasteiger partial charge in [0.1, 0.15) is 12.1 Å². The second kappa shape index (κ2) is 5.92. The van der Waals surface area contributed by atoms with Crippen LogP contribution in [0.25, 0.3) is 11.5 Å². The number of hydrogen-bond donors (Lipinski definition) is 1. The summed E-state index contributed by atoms with van der Waals surface area (Å²) < 4.78 is 5.49. The summed E-state index contributed by atoms with van der Waals surface area (Å²) in [4.78, 5) is 8.82. The Kier molecular flexibility index (Phi) is 3.83. The third-order valence-corrected chi connectivity index (χ3v) is 3.65. The second-order valence-corrected chi connectivity index (χ2v) is 5.16. The standard InChI is InChI=1S/C14H14N4OS/c1-2-12-16-14(18-17-12)20-9-11-8-19-13(15-11)10-6-4-3-5-7-10/h3-8H,2,9H2,1H3,(H,16,17,18). The van der Waals surface area contributed by atoms with Gasteiger partial charge < -0.3 is 4.42 Å². The first-order valence-corrected chi connectivity index (χ1v) is 7.37. The van der Waals surface area contributed by atoms with Gasteiger partial charge in [-0.05, 0) is 12.1 Å². The number of aromatic nitrogens is 4. The van der Waals surface area contributed by atoms with Crippen molar-refractivity contribution in [3.63, 3.8) is 0 Å². The van der Waals surface area contributed by atoms with Crippen LogP contribution in [-0.4, -0.2) is 20.2 Å². The van der Waals surface area contributed by atoms with Gasteiger partial charge in [-0.25, -0.2) is 9.97 Å². The summed E-state index contributed by atoms with van der Waals surface area (Å²) in [5.74, 6) is 2.24. The van der Waals surface area contributed by atoms with Crippen molar-refractivity contribution in [1.29, 1.82) is 0 Å². The minimum atomic E-state index is 0.644. The van der Waals surface area contributed by atoms with Crippen LogP contribution in [0.5, 0.6) is 0 Å². The lowest BCUT2D eigenvalue weighted by Crippen LogP contribution is -1.84. The zero-order valence-electron chi connectivity index (χ0n) is 11.0. The van der Waals surface area contributed by atoms with E-state index in [0.29, 0.717) is 11.6 Å². The number of nitrogens with one attached hydrogen (secondary N) is 1. The summed E-state index contributed by atoms with van der Waals surface area (Å²) in [6.45, 7) is 2.04. The zero-order chi connectivity index (χ0) is 13.8. The lowest BCUT2D eigenvalue weighted by molar-refractivity contribution is 0.573. The van der Waals surface area contributed by atoms with Crippen LogP contribution in [-0.2, 0) is 12.2 Å². The van der Waals surface area contributed by atoms with E-state index >= 15 is 0 Å². The molecule has 0 bridgehead atoms. The molecule has 0 aliphatic heterocycles. The molecule has 0 aliphatic carbocycles. The van der Waals surface area contributed by atoms with Crippen LogP contribution in [0.15, 0.2) is 46.2 Å². The van der Waals surface area contributed by atoms with E-state index in [1.54, 1.807) is 18.0 Å². The molecule has 0 saturated heterocycles. The molecule has 6 heteroatoms. The van der Waals surface area contributed by atoms with Crippen molar-refractivity contribution in [3.8, 4) is 11.5 Å². The Morgan fingerprint density at radius 2 is 2.05 bits per heavy atom. The summed E-state index contributed by atoms with van der Waals surface area (Å²) in [5, 5.41) is 7.77. The average Bonchev–Trinajstić information content (AvgIpc) is 3.15. The fraction of sp³-hybridized carbons (Fsp3) is 0.214. The highest BCUT2D eigenvalue weighted by atomic mass is 32.2. The third-order valence-electron chi connectivity index (χ3n) is 2.77. The molecule has 2 heterocycles. The average molecular weight is 286 g/mol. The molecule has 1 N–H and O–H groups in total. The molecular formula is C14H14N4OS. The Bertz CT molecular complexity index is 677. The van der Waals surface area contributed by atoms with Crippen LogP contribution in [0.3, 0.4) is 0 Å². The maximum absolute atomic E-state index is 5.49. The fourth-order valence-corrected chi connectivity index (χ4v) is 2.42. The normalized spacial score (nSPS) is 10.8. The van der Waals surface area contributed by atoms with E-state index in [2.05, 4.69) is 20.2 Å². The lowest BCUT2D eigenvalue weighted by atomic mass is 10.2. The van der Waals surface area contributed by atoms with Gasteiger partial charge in [0, 0.05) is 17.7 Å².